The first kappa shape index (κ1) is 13.9. The molecule has 1 nitrogen and oxygen atoms in total. The number of para-hydroxylation sites is 1. The summed E-state index contributed by atoms with van der Waals surface area (Å²) in [5.41, 5.74) is 3.56. The normalized spacial score (nSPS) is 10.5. The molecule has 0 atom stereocenters. The number of aryl methyl sites for hydroxylation is 1. The summed E-state index contributed by atoms with van der Waals surface area (Å²) in [7, 11) is 1.86. The number of alkyl halides is 1. The van der Waals surface area contributed by atoms with Gasteiger partial charge in [-0.15, -0.1) is 11.6 Å². The first-order chi connectivity index (χ1) is 9.17. The highest BCUT2D eigenvalue weighted by molar-refractivity contribution is 6.17. The maximum absolute atomic E-state index is 14.0. The van der Waals surface area contributed by atoms with E-state index in [0.29, 0.717) is 11.6 Å². The van der Waals surface area contributed by atoms with Gasteiger partial charge in [-0.2, -0.15) is 0 Å². The van der Waals surface area contributed by atoms with Crippen LogP contribution >= 0.6 is 11.6 Å². The lowest BCUT2D eigenvalue weighted by molar-refractivity contribution is 0.626. The molecule has 0 saturated carbocycles. The summed E-state index contributed by atoms with van der Waals surface area (Å²) in [6.07, 6.45) is 0.997. The average Bonchev–Trinajstić information content (AvgIpc) is 2.46. The van der Waals surface area contributed by atoms with Gasteiger partial charge in [-0.1, -0.05) is 31.2 Å². The van der Waals surface area contributed by atoms with Gasteiger partial charge in [-0.05, 0) is 35.7 Å². The summed E-state index contributed by atoms with van der Waals surface area (Å²) in [5.74, 6) is 0.0463. The van der Waals surface area contributed by atoms with Crippen molar-refractivity contribution >= 4 is 23.0 Å². The van der Waals surface area contributed by atoms with Gasteiger partial charge in [0.1, 0.15) is 5.82 Å². The molecule has 0 aromatic heterocycles. The van der Waals surface area contributed by atoms with E-state index in [2.05, 4.69) is 19.1 Å². The third-order valence-electron chi connectivity index (χ3n) is 3.28. The minimum Gasteiger partial charge on any atom is -0.342 e. The van der Waals surface area contributed by atoms with E-state index in [0.717, 1.165) is 17.7 Å². The third kappa shape index (κ3) is 2.90. The lowest BCUT2D eigenvalue weighted by atomic mass is 10.1. The van der Waals surface area contributed by atoms with Crippen molar-refractivity contribution in [3.63, 3.8) is 0 Å². The van der Waals surface area contributed by atoms with Gasteiger partial charge in [0.25, 0.3) is 0 Å². The van der Waals surface area contributed by atoms with Gasteiger partial charge >= 0.3 is 0 Å². The Morgan fingerprint density at radius 3 is 2.37 bits per heavy atom. The van der Waals surface area contributed by atoms with Crippen LogP contribution in [0, 0.1) is 5.82 Å². The third-order valence-corrected chi connectivity index (χ3v) is 3.57. The van der Waals surface area contributed by atoms with Gasteiger partial charge in [0.05, 0.1) is 5.69 Å². The van der Waals surface area contributed by atoms with Crippen molar-refractivity contribution in [3.8, 4) is 0 Å². The lowest BCUT2D eigenvalue weighted by Crippen LogP contribution is -2.13. The highest BCUT2D eigenvalue weighted by Gasteiger charge is 2.13. The molecule has 0 radical (unpaired) electrons. The molecule has 2 aromatic rings. The van der Waals surface area contributed by atoms with Gasteiger partial charge < -0.3 is 4.90 Å². The zero-order valence-electron chi connectivity index (χ0n) is 11.2. The minimum atomic E-state index is -0.250. The van der Waals surface area contributed by atoms with Crippen LogP contribution in [0.5, 0.6) is 0 Å². The van der Waals surface area contributed by atoms with Crippen LogP contribution in [-0.4, -0.2) is 7.05 Å². The maximum Gasteiger partial charge on any atom is 0.147 e. The van der Waals surface area contributed by atoms with Gasteiger partial charge in [0.2, 0.25) is 0 Å². The molecule has 2 rings (SSSR count). The van der Waals surface area contributed by atoms with Crippen LogP contribution in [-0.2, 0) is 12.3 Å². The molecule has 0 aliphatic rings. The SMILES string of the molecule is CCc1ccc(N(C)c2c(F)cccc2CCl)cc1. The monoisotopic (exact) mass is 277 g/mol. The van der Waals surface area contributed by atoms with Crippen molar-refractivity contribution in [2.45, 2.75) is 19.2 Å². The van der Waals surface area contributed by atoms with E-state index in [4.69, 9.17) is 11.6 Å². The molecule has 0 aliphatic heterocycles. The Kier molecular flexibility index (Phi) is 4.43. The Morgan fingerprint density at radius 1 is 1.11 bits per heavy atom. The second kappa shape index (κ2) is 6.07. The molecular weight excluding hydrogens is 261 g/mol. The number of rotatable bonds is 4. The van der Waals surface area contributed by atoms with Gasteiger partial charge in [-0.25, -0.2) is 4.39 Å². The first-order valence-electron chi connectivity index (χ1n) is 6.33. The lowest BCUT2D eigenvalue weighted by Gasteiger charge is -2.23. The standard InChI is InChI=1S/C16H17ClFN/c1-3-12-7-9-14(10-8-12)19(2)16-13(11-17)5-4-6-15(16)18/h4-10H,3,11H2,1-2H3. The number of nitrogens with zero attached hydrogens (tertiary/aromatic N) is 1. The molecular formula is C16H17ClFN. The summed E-state index contributed by atoms with van der Waals surface area (Å²) in [6.45, 7) is 2.11. The molecule has 0 spiro atoms. The number of anilines is 2. The van der Waals surface area contributed by atoms with Crippen molar-refractivity contribution in [1.29, 1.82) is 0 Å². The summed E-state index contributed by atoms with van der Waals surface area (Å²) in [5, 5.41) is 0. The van der Waals surface area contributed by atoms with E-state index in [1.165, 1.54) is 11.6 Å². The second-order valence-electron chi connectivity index (χ2n) is 4.46. The summed E-state index contributed by atoms with van der Waals surface area (Å²) in [6, 6.07) is 13.1. The highest BCUT2D eigenvalue weighted by Crippen LogP contribution is 2.30. The van der Waals surface area contributed by atoms with E-state index in [1.807, 2.05) is 30.1 Å². The molecule has 0 bridgehead atoms. The summed E-state index contributed by atoms with van der Waals surface area (Å²) < 4.78 is 14.0. The Morgan fingerprint density at radius 2 is 1.79 bits per heavy atom. The maximum atomic E-state index is 14.0. The minimum absolute atomic E-state index is 0.250. The molecule has 0 N–H and O–H groups in total. The molecule has 2 aromatic carbocycles. The molecule has 3 heteroatoms. The topological polar surface area (TPSA) is 3.24 Å². The molecule has 19 heavy (non-hydrogen) atoms. The van der Waals surface area contributed by atoms with E-state index in [9.17, 15) is 4.39 Å². The quantitative estimate of drug-likeness (QED) is 0.719. The predicted molar refractivity (Wildman–Crippen MR) is 79.8 cm³/mol. The van der Waals surface area contributed by atoms with Crippen molar-refractivity contribution < 1.29 is 4.39 Å². The van der Waals surface area contributed by atoms with Crippen molar-refractivity contribution in [2.75, 3.05) is 11.9 Å². The smallest absolute Gasteiger partial charge is 0.147 e. The average molecular weight is 278 g/mol. The van der Waals surface area contributed by atoms with Crippen molar-refractivity contribution in [3.05, 3.63) is 59.4 Å². The van der Waals surface area contributed by atoms with Gasteiger partial charge in [0, 0.05) is 18.6 Å². The fourth-order valence-electron chi connectivity index (χ4n) is 2.13. The van der Waals surface area contributed by atoms with Gasteiger partial charge in [-0.3, -0.25) is 0 Å². The molecule has 0 heterocycles. The van der Waals surface area contributed by atoms with Crippen LogP contribution in [0.4, 0.5) is 15.8 Å². The predicted octanol–water partition coefficient (Wildman–Crippen LogP) is 4.89. The zero-order chi connectivity index (χ0) is 13.8. The fourth-order valence-corrected chi connectivity index (χ4v) is 2.34. The molecule has 0 saturated heterocycles. The second-order valence-corrected chi connectivity index (χ2v) is 4.73. The number of halogens is 2. The molecule has 0 amide bonds. The summed E-state index contributed by atoms with van der Waals surface area (Å²) in [4.78, 5) is 1.84. The van der Waals surface area contributed by atoms with E-state index in [-0.39, 0.29) is 5.82 Å². The van der Waals surface area contributed by atoms with E-state index >= 15 is 0 Å². The van der Waals surface area contributed by atoms with Crippen LogP contribution in [0.1, 0.15) is 18.1 Å². The first-order valence-corrected chi connectivity index (χ1v) is 6.86. The van der Waals surface area contributed by atoms with Crippen LogP contribution < -0.4 is 4.90 Å². The fraction of sp³-hybridized carbons (Fsp3) is 0.250. The van der Waals surface area contributed by atoms with Crippen LogP contribution in [0.3, 0.4) is 0 Å². The van der Waals surface area contributed by atoms with Gasteiger partial charge in [0.15, 0.2) is 0 Å². The molecule has 100 valence electrons. The summed E-state index contributed by atoms with van der Waals surface area (Å²) >= 11 is 5.89. The van der Waals surface area contributed by atoms with Crippen LogP contribution in [0.25, 0.3) is 0 Å². The molecule has 0 aliphatic carbocycles. The number of benzene rings is 2. The Bertz CT molecular complexity index is 551. The van der Waals surface area contributed by atoms with E-state index < -0.39 is 0 Å². The number of hydrogen-bond donors (Lipinski definition) is 0. The largest absolute Gasteiger partial charge is 0.342 e. The highest BCUT2D eigenvalue weighted by atomic mass is 35.5. The van der Waals surface area contributed by atoms with Crippen molar-refractivity contribution in [1.82, 2.24) is 0 Å². The Balaban J connectivity index is 2.40. The Hall–Kier alpha value is -1.54. The Labute approximate surface area is 118 Å². The van der Waals surface area contributed by atoms with E-state index in [1.54, 1.807) is 6.07 Å². The van der Waals surface area contributed by atoms with Crippen molar-refractivity contribution in [2.24, 2.45) is 0 Å². The molecule has 0 fully saturated rings. The zero-order valence-corrected chi connectivity index (χ0v) is 11.9. The molecule has 0 unspecified atom stereocenters. The van der Waals surface area contributed by atoms with Crippen LogP contribution in [0.15, 0.2) is 42.5 Å². The number of hydrogen-bond acceptors (Lipinski definition) is 1. The van der Waals surface area contributed by atoms with Crippen LogP contribution in [0.2, 0.25) is 0 Å².